The Labute approximate surface area is 132 Å². The molecule has 0 aliphatic carbocycles. The van der Waals surface area contributed by atoms with Crippen LogP contribution in [-0.4, -0.2) is 9.55 Å². The van der Waals surface area contributed by atoms with E-state index in [1.165, 1.54) is 16.6 Å². The SMILES string of the molecule is Cc1nc2cc(NCc3ccc(C(C)C)cc3)ccc2n1C. The zero-order valence-corrected chi connectivity index (χ0v) is 13.7. The van der Waals surface area contributed by atoms with Crippen molar-refractivity contribution in [3.63, 3.8) is 0 Å². The molecule has 0 atom stereocenters. The Kier molecular flexibility index (Phi) is 3.88. The number of aromatic nitrogens is 2. The van der Waals surface area contributed by atoms with Crippen LogP contribution in [0, 0.1) is 6.92 Å². The second-order valence-electron chi connectivity index (χ2n) is 6.17. The highest BCUT2D eigenvalue weighted by atomic mass is 15.0. The Morgan fingerprint density at radius 3 is 2.50 bits per heavy atom. The van der Waals surface area contributed by atoms with E-state index in [-0.39, 0.29) is 0 Å². The predicted octanol–water partition coefficient (Wildman–Crippen LogP) is 4.62. The summed E-state index contributed by atoms with van der Waals surface area (Å²) in [6.45, 7) is 7.30. The molecule has 1 heterocycles. The number of nitrogens with one attached hydrogen (secondary N) is 1. The Hall–Kier alpha value is -2.29. The molecule has 0 radical (unpaired) electrons. The van der Waals surface area contributed by atoms with Crippen molar-refractivity contribution in [2.24, 2.45) is 7.05 Å². The van der Waals surface area contributed by atoms with E-state index < -0.39 is 0 Å². The number of hydrogen-bond acceptors (Lipinski definition) is 2. The molecule has 0 saturated heterocycles. The standard InChI is InChI=1S/C19H23N3/c1-13(2)16-7-5-15(6-8-16)12-20-17-9-10-19-18(11-17)21-14(3)22(19)4/h5-11,13,20H,12H2,1-4H3. The first-order valence-corrected chi connectivity index (χ1v) is 7.80. The van der Waals surface area contributed by atoms with Crippen LogP contribution in [-0.2, 0) is 13.6 Å². The molecule has 0 aliphatic heterocycles. The number of rotatable bonds is 4. The summed E-state index contributed by atoms with van der Waals surface area (Å²) in [4.78, 5) is 4.58. The van der Waals surface area contributed by atoms with E-state index in [9.17, 15) is 0 Å². The van der Waals surface area contributed by atoms with Gasteiger partial charge in [0.25, 0.3) is 0 Å². The lowest BCUT2D eigenvalue weighted by atomic mass is 10.0. The minimum Gasteiger partial charge on any atom is -0.381 e. The van der Waals surface area contributed by atoms with Crippen molar-refractivity contribution in [1.82, 2.24) is 9.55 Å². The molecule has 3 rings (SSSR count). The quantitative estimate of drug-likeness (QED) is 0.761. The molecule has 1 N–H and O–H groups in total. The van der Waals surface area contributed by atoms with Gasteiger partial charge in [0.1, 0.15) is 5.82 Å². The summed E-state index contributed by atoms with van der Waals surface area (Å²) < 4.78 is 2.11. The zero-order chi connectivity index (χ0) is 15.7. The van der Waals surface area contributed by atoms with Gasteiger partial charge in [0.2, 0.25) is 0 Å². The van der Waals surface area contributed by atoms with Crippen LogP contribution >= 0.6 is 0 Å². The highest BCUT2D eigenvalue weighted by Crippen LogP contribution is 2.20. The van der Waals surface area contributed by atoms with Gasteiger partial charge in [-0.25, -0.2) is 4.98 Å². The van der Waals surface area contributed by atoms with Crippen LogP contribution in [0.4, 0.5) is 5.69 Å². The maximum atomic E-state index is 4.58. The maximum Gasteiger partial charge on any atom is 0.106 e. The molecule has 3 nitrogen and oxygen atoms in total. The van der Waals surface area contributed by atoms with E-state index in [1.807, 2.05) is 14.0 Å². The van der Waals surface area contributed by atoms with Gasteiger partial charge in [-0.1, -0.05) is 38.1 Å². The van der Waals surface area contributed by atoms with E-state index >= 15 is 0 Å². The van der Waals surface area contributed by atoms with Crippen molar-refractivity contribution in [2.75, 3.05) is 5.32 Å². The fourth-order valence-electron chi connectivity index (χ4n) is 2.65. The van der Waals surface area contributed by atoms with Crippen molar-refractivity contribution in [2.45, 2.75) is 33.2 Å². The molecule has 22 heavy (non-hydrogen) atoms. The van der Waals surface area contributed by atoms with Crippen molar-refractivity contribution in [3.05, 3.63) is 59.4 Å². The minimum atomic E-state index is 0.580. The monoisotopic (exact) mass is 293 g/mol. The van der Waals surface area contributed by atoms with Gasteiger partial charge in [-0.2, -0.15) is 0 Å². The Balaban J connectivity index is 1.73. The highest BCUT2D eigenvalue weighted by Gasteiger charge is 2.05. The van der Waals surface area contributed by atoms with Gasteiger partial charge in [-0.15, -0.1) is 0 Å². The Morgan fingerprint density at radius 1 is 1.09 bits per heavy atom. The summed E-state index contributed by atoms with van der Waals surface area (Å²) >= 11 is 0. The van der Waals surface area contributed by atoms with Crippen LogP contribution in [0.25, 0.3) is 11.0 Å². The number of hydrogen-bond donors (Lipinski definition) is 1. The average Bonchev–Trinajstić information content (AvgIpc) is 2.80. The number of nitrogens with zero attached hydrogens (tertiary/aromatic N) is 2. The molecular formula is C19H23N3. The topological polar surface area (TPSA) is 29.9 Å². The van der Waals surface area contributed by atoms with E-state index in [4.69, 9.17) is 0 Å². The third kappa shape index (κ3) is 2.84. The Morgan fingerprint density at radius 2 is 1.82 bits per heavy atom. The third-order valence-electron chi connectivity index (χ3n) is 4.25. The van der Waals surface area contributed by atoms with Crippen LogP contribution in [0.3, 0.4) is 0 Å². The van der Waals surface area contributed by atoms with Gasteiger partial charge >= 0.3 is 0 Å². The molecule has 1 aromatic heterocycles. The molecule has 0 bridgehead atoms. The van der Waals surface area contributed by atoms with E-state index in [0.717, 1.165) is 23.6 Å². The summed E-state index contributed by atoms with van der Waals surface area (Å²) in [5.74, 6) is 1.62. The number of imidazole rings is 1. The maximum absolute atomic E-state index is 4.58. The number of aryl methyl sites for hydroxylation is 2. The van der Waals surface area contributed by atoms with Crippen LogP contribution in [0.15, 0.2) is 42.5 Å². The largest absolute Gasteiger partial charge is 0.381 e. The lowest BCUT2D eigenvalue weighted by Crippen LogP contribution is -1.99. The lowest BCUT2D eigenvalue weighted by Gasteiger charge is -2.09. The molecule has 114 valence electrons. The second-order valence-corrected chi connectivity index (χ2v) is 6.17. The van der Waals surface area contributed by atoms with E-state index in [2.05, 4.69) is 71.2 Å². The molecule has 0 amide bonds. The second kappa shape index (κ2) is 5.84. The summed E-state index contributed by atoms with van der Waals surface area (Å²) in [6.07, 6.45) is 0. The van der Waals surface area contributed by atoms with Crippen molar-refractivity contribution in [3.8, 4) is 0 Å². The molecule has 0 saturated carbocycles. The number of anilines is 1. The minimum absolute atomic E-state index is 0.580. The molecule has 3 heteroatoms. The first-order valence-electron chi connectivity index (χ1n) is 7.80. The lowest BCUT2D eigenvalue weighted by molar-refractivity contribution is 0.865. The molecular weight excluding hydrogens is 270 g/mol. The third-order valence-corrected chi connectivity index (χ3v) is 4.25. The molecule has 0 unspecified atom stereocenters. The van der Waals surface area contributed by atoms with Gasteiger partial charge in [-0.05, 0) is 42.2 Å². The summed E-state index contributed by atoms with van der Waals surface area (Å²) in [5, 5.41) is 3.48. The van der Waals surface area contributed by atoms with Crippen molar-refractivity contribution >= 4 is 16.7 Å². The molecule has 0 fully saturated rings. The van der Waals surface area contributed by atoms with Crippen LogP contribution in [0.2, 0.25) is 0 Å². The van der Waals surface area contributed by atoms with Crippen molar-refractivity contribution in [1.29, 1.82) is 0 Å². The van der Waals surface area contributed by atoms with Gasteiger partial charge in [0.15, 0.2) is 0 Å². The fourth-order valence-corrected chi connectivity index (χ4v) is 2.65. The normalized spacial score (nSPS) is 11.3. The van der Waals surface area contributed by atoms with Crippen LogP contribution < -0.4 is 5.32 Å². The average molecular weight is 293 g/mol. The summed E-state index contributed by atoms with van der Waals surface area (Å²) in [7, 11) is 2.05. The molecule has 0 aliphatic rings. The van der Waals surface area contributed by atoms with E-state index in [0.29, 0.717) is 5.92 Å². The zero-order valence-electron chi connectivity index (χ0n) is 13.7. The van der Waals surface area contributed by atoms with Gasteiger partial charge in [-0.3, -0.25) is 0 Å². The molecule has 3 aromatic rings. The first kappa shape index (κ1) is 14.6. The molecule has 2 aromatic carbocycles. The van der Waals surface area contributed by atoms with Gasteiger partial charge in [0.05, 0.1) is 11.0 Å². The number of fused-ring (bicyclic) bond motifs is 1. The molecule has 0 spiro atoms. The summed E-state index contributed by atoms with van der Waals surface area (Å²) in [6, 6.07) is 15.2. The summed E-state index contributed by atoms with van der Waals surface area (Å²) in [5.41, 5.74) is 6.00. The predicted molar refractivity (Wildman–Crippen MR) is 93.3 cm³/mol. The van der Waals surface area contributed by atoms with Crippen molar-refractivity contribution < 1.29 is 0 Å². The van der Waals surface area contributed by atoms with Gasteiger partial charge in [0, 0.05) is 19.3 Å². The van der Waals surface area contributed by atoms with Crippen LogP contribution in [0.1, 0.15) is 36.7 Å². The Bertz CT molecular complexity index is 782. The highest BCUT2D eigenvalue weighted by molar-refractivity contribution is 5.80. The first-order chi connectivity index (χ1) is 10.5. The van der Waals surface area contributed by atoms with Gasteiger partial charge < -0.3 is 9.88 Å². The number of benzene rings is 2. The van der Waals surface area contributed by atoms with E-state index in [1.54, 1.807) is 0 Å². The fraction of sp³-hybridized carbons (Fsp3) is 0.316. The smallest absolute Gasteiger partial charge is 0.106 e. The van der Waals surface area contributed by atoms with Crippen LogP contribution in [0.5, 0.6) is 0 Å².